The second-order valence-electron chi connectivity index (χ2n) is 9.63. The highest BCUT2D eigenvalue weighted by atomic mass is 28.4. The van der Waals surface area contributed by atoms with Crippen LogP contribution in [0.25, 0.3) is 0 Å². The summed E-state index contributed by atoms with van der Waals surface area (Å²) in [6.07, 6.45) is 3.52. The Bertz CT molecular complexity index is 487. The SMILES string of the molecule is CC1(C)C2CCC(O[Si](C)(C)C(C)(C)C)C1C(=O)CCCC2=O. The Labute approximate surface area is 142 Å². The molecule has 3 nitrogen and oxygen atoms in total. The van der Waals surface area contributed by atoms with E-state index in [1.165, 1.54) is 0 Å². The Hall–Kier alpha value is -0.483. The van der Waals surface area contributed by atoms with Gasteiger partial charge < -0.3 is 4.43 Å². The fourth-order valence-corrected chi connectivity index (χ4v) is 5.58. The summed E-state index contributed by atoms with van der Waals surface area (Å²) in [5, 5.41) is 0.133. The first kappa shape index (κ1) is 18.8. The van der Waals surface area contributed by atoms with Gasteiger partial charge in [0.15, 0.2) is 8.32 Å². The van der Waals surface area contributed by atoms with Crippen LogP contribution in [0, 0.1) is 17.3 Å². The van der Waals surface area contributed by atoms with Crippen LogP contribution < -0.4 is 0 Å². The summed E-state index contributed by atoms with van der Waals surface area (Å²) in [6, 6.07) is 0. The summed E-state index contributed by atoms with van der Waals surface area (Å²) in [7, 11) is -1.92. The molecule has 0 spiro atoms. The van der Waals surface area contributed by atoms with Crippen molar-refractivity contribution >= 4 is 19.9 Å². The van der Waals surface area contributed by atoms with E-state index in [0.29, 0.717) is 30.8 Å². The van der Waals surface area contributed by atoms with Crippen LogP contribution in [0.5, 0.6) is 0 Å². The maximum absolute atomic E-state index is 12.9. The fourth-order valence-electron chi connectivity index (χ4n) is 4.21. The van der Waals surface area contributed by atoms with Crippen molar-refractivity contribution in [2.45, 2.75) is 91.0 Å². The molecule has 0 heterocycles. The maximum Gasteiger partial charge on any atom is 0.192 e. The lowest BCUT2D eigenvalue weighted by molar-refractivity contribution is -0.147. The van der Waals surface area contributed by atoms with Gasteiger partial charge in [0.25, 0.3) is 0 Å². The normalized spacial score (nSPS) is 32.4. The van der Waals surface area contributed by atoms with Crippen molar-refractivity contribution in [1.29, 1.82) is 0 Å². The number of hydrogen-bond acceptors (Lipinski definition) is 3. The Morgan fingerprint density at radius 3 is 2.17 bits per heavy atom. The molecule has 0 aromatic rings. The standard InChI is InChI=1S/C19H34O3Si/c1-18(2,3)23(6,7)22-16-12-11-13-14(20)9-8-10-15(21)17(16)19(13,4)5/h13,16-17H,8-12H2,1-7H3. The highest BCUT2D eigenvalue weighted by Gasteiger charge is 2.53. The molecule has 0 aliphatic heterocycles. The molecule has 4 heteroatoms. The quantitative estimate of drug-likeness (QED) is 0.682. The molecule has 2 bridgehead atoms. The Morgan fingerprint density at radius 2 is 1.61 bits per heavy atom. The van der Waals surface area contributed by atoms with Gasteiger partial charge in [-0.2, -0.15) is 0 Å². The van der Waals surface area contributed by atoms with E-state index in [0.717, 1.165) is 12.8 Å². The smallest absolute Gasteiger partial charge is 0.192 e. The van der Waals surface area contributed by atoms with Gasteiger partial charge in [-0.3, -0.25) is 9.59 Å². The van der Waals surface area contributed by atoms with Crippen LogP contribution in [-0.2, 0) is 14.0 Å². The molecule has 0 aromatic heterocycles. The van der Waals surface area contributed by atoms with Crippen molar-refractivity contribution in [3.63, 3.8) is 0 Å². The van der Waals surface area contributed by atoms with E-state index < -0.39 is 8.32 Å². The predicted octanol–water partition coefficient (Wildman–Crippen LogP) is 4.75. The van der Waals surface area contributed by atoms with Gasteiger partial charge in [-0.05, 0) is 42.8 Å². The number of rotatable bonds is 2. The zero-order valence-corrected chi connectivity index (χ0v) is 17.0. The Balaban J connectivity index is 2.33. The van der Waals surface area contributed by atoms with Crippen LogP contribution in [0.15, 0.2) is 0 Å². The van der Waals surface area contributed by atoms with Gasteiger partial charge in [-0.25, -0.2) is 0 Å². The summed E-state index contributed by atoms with van der Waals surface area (Å²) in [4.78, 5) is 25.4. The van der Waals surface area contributed by atoms with E-state index in [1.54, 1.807) is 0 Å². The molecule has 2 aliphatic rings. The van der Waals surface area contributed by atoms with Crippen molar-refractivity contribution in [3.8, 4) is 0 Å². The number of carbonyl (C=O) groups is 2. The third-order valence-electron chi connectivity index (χ3n) is 6.65. The number of ketones is 2. The molecule has 3 unspecified atom stereocenters. The Morgan fingerprint density at radius 1 is 1.04 bits per heavy atom. The molecular weight excluding hydrogens is 304 g/mol. The lowest BCUT2D eigenvalue weighted by Crippen LogP contribution is -2.56. The number of hydrogen-bond donors (Lipinski definition) is 0. The van der Waals surface area contributed by atoms with Crippen molar-refractivity contribution in [3.05, 3.63) is 0 Å². The highest BCUT2D eigenvalue weighted by molar-refractivity contribution is 6.74. The third kappa shape index (κ3) is 3.48. The molecule has 23 heavy (non-hydrogen) atoms. The van der Waals surface area contributed by atoms with Crippen LogP contribution in [-0.4, -0.2) is 26.0 Å². The molecule has 2 fully saturated rings. The minimum Gasteiger partial charge on any atom is -0.413 e. The lowest BCUT2D eigenvalue weighted by Gasteiger charge is -2.51. The fraction of sp³-hybridized carbons (Fsp3) is 0.895. The second-order valence-corrected chi connectivity index (χ2v) is 14.4. The zero-order chi connectivity index (χ0) is 17.6. The summed E-state index contributed by atoms with van der Waals surface area (Å²) in [5.41, 5.74) is -0.278. The van der Waals surface area contributed by atoms with Crippen LogP contribution in [0.1, 0.15) is 66.7 Å². The molecule has 2 rings (SSSR count). The third-order valence-corrected chi connectivity index (χ3v) is 11.1. The van der Waals surface area contributed by atoms with E-state index >= 15 is 0 Å². The molecular formula is C19H34O3Si. The minimum atomic E-state index is -1.92. The van der Waals surface area contributed by atoms with Crippen molar-refractivity contribution in [1.82, 2.24) is 0 Å². The van der Waals surface area contributed by atoms with Gasteiger partial charge >= 0.3 is 0 Å². The summed E-state index contributed by atoms with van der Waals surface area (Å²) < 4.78 is 6.67. The monoisotopic (exact) mass is 338 g/mol. The van der Waals surface area contributed by atoms with E-state index in [1.807, 2.05) is 0 Å². The van der Waals surface area contributed by atoms with Gasteiger partial charge in [0.2, 0.25) is 0 Å². The first-order valence-corrected chi connectivity index (χ1v) is 12.0. The van der Waals surface area contributed by atoms with E-state index in [9.17, 15) is 9.59 Å². The van der Waals surface area contributed by atoms with Gasteiger partial charge in [0, 0.05) is 24.7 Å². The molecule has 132 valence electrons. The van der Waals surface area contributed by atoms with Crippen molar-refractivity contribution in [2.24, 2.45) is 17.3 Å². The molecule has 0 radical (unpaired) electrons. The molecule has 0 amide bonds. The average Bonchev–Trinajstić information content (AvgIpc) is 2.35. The first-order chi connectivity index (χ1) is 10.4. The topological polar surface area (TPSA) is 43.4 Å². The van der Waals surface area contributed by atoms with Gasteiger partial charge in [-0.1, -0.05) is 34.6 Å². The molecule has 0 aromatic carbocycles. The minimum absolute atomic E-state index is 0.0134. The van der Waals surface area contributed by atoms with Crippen LogP contribution in [0.4, 0.5) is 0 Å². The summed E-state index contributed by atoms with van der Waals surface area (Å²) in [5.74, 6) is 0.574. The number of Topliss-reactive ketones (excluding diaryl/α,β-unsaturated/α-hetero) is 2. The van der Waals surface area contributed by atoms with Gasteiger partial charge in [-0.15, -0.1) is 0 Å². The van der Waals surface area contributed by atoms with Crippen LogP contribution in [0.3, 0.4) is 0 Å². The molecule has 0 N–H and O–H groups in total. The first-order valence-electron chi connectivity index (χ1n) is 9.11. The number of carbonyl (C=O) groups excluding carboxylic acids is 2. The second kappa shape index (κ2) is 6.11. The average molecular weight is 339 g/mol. The lowest BCUT2D eigenvalue weighted by atomic mass is 9.57. The van der Waals surface area contributed by atoms with Crippen molar-refractivity contribution in [2.75, 3.05) is 0 Å². The largest absolute Gasteiger partial charge is 0.413 e. The predicted molar refractivity (Wildman–Crippen MR) is 95.9 cm³/mol. The molecule has 2 saturated carbocycles. The van der Waals surface area contributed by atoms with E-state index in [-0.39, 0.29) is 28.4 Å². The summed E-state index contributed by atoms with van der Waals surface area (Å²) in [6.45, 7) is 15.4. The zero-order valence-electron chi connectivity index (χ0n) is 16.0. The molecule has 0 saturated heterocycles. The van der Waals surface area contributed by atoms with Crippen molar-refractivity contribution < 1.29 is 14.0 Å². The number of fused-ring (bicyclic) bond motifs is 2. The maximum atomic E-state index is 12.9. The Kier molecular flexibility index (Phi) is 5.00. The van der Waals surface area contributed by atoms with Gasteiger partial charge in [0.1, 0.15) is 11.6 Å². The van der Waals surface area contributed by atoms with E-state index in [4.69, 9.17) is 4.43 Å². The molecule has 2 aliphatic carbocycles. The van der Waals surface area contributed by atoms with Crippen LogP contribution in [0.2, 0.25) is 18.1 Å². The van der Waals surface area contributed by atoms with Crippen LogP contribution >= 0.6 is 0 Å². The van der Waals surface area contributed by atoms with E-state index in [2.05, 4.69) is 47.7 Å². The highest BCUT2D eigenvalue weighted by Crippen LogP contribution is 2.51. The summed E-state index contributed by atoms with van der Waals surface area (Å²) >= 11 is 0. The molecule has 3 atom stereocenters. The van der Waals surface area contributed by atoms with Gasteiger partial charge in [0.05, 0.1) is 6.10 Å².